The Kier molecular flexibility index (Phi) is 4.02. The molecule has 0 fully saturated rings. The zero-order valence-electron chi connectivity index (χ0n) is 11.1. The van der Waals surface area contributed by atoms with Crippen LogP contribution in [-0.4, -0.2) is 22.2 Å². The molecule has 0 radical (unpaired) electrons. The van der Waals surface area contributed by atoms with E-state index in [4.69, 9.17) is 0 Å². The summed E-state index contributed by atoms with van der Waals surface area (Å²) in [5.74, 6) is -0.182. The molecule has 2 N–H and O–H groups in total. The van der Waals surface area contributed by atoms with E-state index >= 15 is 0 Å². The van der Waals surface area contributed by atoms with Crippen molar-refractivity contribution in [2.24, 2.45) is 7.05 Å². The van der Waals surface area contributed by atoms with Crippen LogP contribution in [0.3, 0.4) is 0 Å². The topological polar surface area (TPSA) is 54.3 Å². The molecule has 1 aromatic heterocycles. The van der Waals surface area contributed by atoms with Gasteiger partial charge in [0.2, 0.25) is 0 Å². The van der Waals surface area contributed by atoms with Gasteiger partial charge in [0, 0.05) is 12.7 Å². The van der Waals surface area contributed by atoms with Gasteiger partial charge in [0.25, 0.3) is 5.91 Å². The largest absolute Gasteiger partial charge is 0.394 e. The first-order valence-electron chi connectivity index (χ1n) is 6.22. The number of nitrogens with one attached hydrogen (secondary N) is 1. The van der Waals surface area contributed by atoms with Crippen LogP contribution in [0.5, 0.6) is 0 Å². The quantitative estimate of drug-likeness (QED) is 0.878. The fourth-order valence-corrected chi connectivity index (χ4v) is 1.99. The van der Waals surface area contributed by atoms with Crippen molar-refractivity contribution < 1.29 is 9.90 Å². The second-order valence-electron chi connectivity index (χ2n) is 4.54. The van der Waals surface area contributed by atoms with E-state index in [-0.39, 0.29) is 18.6 Å². The van der Waals surface area contributed by atoms with Gasteiger partial charge in [-0.05, 0) is 24.6 Å². The second kappa shape index (κ2) is 5.71. The van der Waals surface area contributed by atoms with Gasteiger partial charge < -0.3 is 15.0 Å². The maximum atomic E-state index is 12.2. The fourth-order valence-electron chi connectivity index (χ4n) is 1.99. The van der Waals surface area contributed by atoms with Crippen LogP contribution < -0.4 is 5.32 Å². The summed E-state index contributed by atoms with van der Waals surface area (Å²) in [7, 11) is 1.85. The fraction of sp³-hybridized carbons (Fsp3) is 0.267. The third kappa shape index (κ3) is 2.85. The van der Waals surface area contributed by atoms with Crippen LogP contribution in [-0.2, 0) is 7.05 Å². The second-order valence-corrected chi connectivity index (χ2v) is 4.54. The SMILES string of the molecule is Cc1ccc(C(=O)NC(CO)c2ccccc2)n1C. The van der Waals surface area contributed by atoms with Crippen molar-refractivity contribution in [3.63, 3.8) is 0 Å². The Hall–Kier alpha value is -2.07. The van der Waals surface area contributed by atoms with E-state index in [1.165, 1.54) is 0 Å². The van der Waals surface area contributed by atoms with Crippen molar-refractivity contribution in [3.8, 4) is 0 Å². The van der Waals surface area contributed by atoms with E-state index in [0.717, 1.165) is 11.3 Å². The lowest BCUT2D eigenvalue weighted by atomic mass is 10.1. The Labute approximate surface area is 112 Å². The molecule has 4 nitrogen and oxygen atoms in total. The Morgan fingerprint density at radius 3 is 2.47 bits per heavy atom. The summed E-state index contributed by atoms with van der Waals surface area (Å²) in [6.07, 6.45) is 0. The number of nitrogens with zero attached hydrogens (tertiary/aromatic N) is 1. The number of hydrogen-bond acceptors (Lipinski definition) is 2. The summed E-state index contributed by atoms with van der Waals surface area (Å²) in [5, 5.41) is 12.3. The minimum atomic E-state index is -0.385. The maximum absolute atomic E-state index is 12.2. The number of rotatable bonds is 4. The van der Waals surface area contributed by atoms with E-state index in [0.29, 0.717) is 5.69 Å². The third-order valence-corrected chi connectivity index (χ3v) is 3.30. The van der Waals surface area contributed by atoms with Crippen LogP contribution in [0.15, 0.2) is 42.5 Å². The standard InChI is InChI=1S/C15H18N2O2/c1-11-8-9-14(17(11)2)15(19)16-13(10-18)12-6-4-3-5-7-12/h3-9,13,18H,10H2,1-2H3,(H,16,19). The monoisotopic (exact) mass is 258 g/mol. The van der Waals surface area contributed by atoms with Gasteiger partial charge in [-0.25, -0.2) is 0 Å². The molecule has 4 heteroatoms. The lowest BCUT2D eigenvalue weighted by Crippen LogP contribution is -2.32. The Bertz CT molecular complexity index is 561. The van der Waals surface area contributed by atoms with Crippen LogP contribution >= 0.6 is 0 Å². The molecule has 0 saturated heterocycles. The Morgan fingerprint density at radius 2 is 1.95 bits per heavy atom. The average Bonchev–Trinajstić information content (AvgIpc) is 2.77. The normalized spacial score (nSPS) is 12.2. The number of aliphatic hydroxyl groups excluding tert-OH is 1. The first-order valence-corrected chi connectivity index (χ1v) is 6.22. The zero-order chi connectivity index (χ0) is 13.8. The number of aryl methyl sites for hydroxylation is 1. The number of aromatic nitrogens is 1. The van der Waals surface area contributed by atoms with Gasteiger partial charge in [0.15, 0.2) is 0 Å². The highest BCUT2D eigenvalue weighted by atomic mass is 16.3. The molecule has 1 amide bonds. The van der Waals surface area contributed by atoms with E-state index in [1.54, 1.807) is 6.07 Å². The molecule has 0 aliphatic rings. The number of amides is 1. The van der Waals surface area contributed by atoms with Gasteiger partial charge in [-0.3, -0.25) is 4.79 Å². The first-order chi connectivity index (χ1) is 9.13. The van der Waals surface area contributed by atoms with Gasteiger partial charge >= 0.3 is 0 Å². The van der Waals surface area contributed by atoms with Gasteiger partial charge in [0.1, 0.15) is 5.69 Å². The Balaban J connectivity index is 2.15. The number of carbonyl (C=O) groups excluding carboxylic acids is 1. The van der Waals surface area contributed by atoms with Crippen LogP contribution in [0.4, 0.5) is 0 Å². The maximum Gasteiger partial charge on any atom is 0.268 e. The van der Waals surface area contributed by atoms with Crippen LogP contribution in [0.1, 0.15) is 27.8 Å². The summed E-state index contributed by atoms with van der Waals surface area (Å²) >= 11 is 0. The zero-order valence-corrected chi connectivity index (χ0v) is 11.1. The van der Waals surface area contributed by atoms with E-state index < -0.39 is 0 Å². The number of carbonyl (C=O) groups is 1. The minimum Gasteiger partial charge on any atom is -0.394 e. The number of benzene rings is 1. The highest BCUT2D eigenvalue weighted by Gasteiger charge is 2.16. The highest BCUT2D eigenvalue weighted by Crippen LogP contribution is 2.13. The molecule has 2 aromatic rings. The molecule has 100 valence electrons. The summed E-state index contributed by atoms with van der Waals surface area (Å²) in [6.45, 7) is 1.82. The predicted molar refractivity (Wildman–Crippen MR) is 73.9 cm³/mol. The number of aliphatic hydroxyl groups is 1. The van der Waals surface area contributed by atoms with Crippen molar-refractivity contribution in [2.45, 2.75) is 13.0 Å². The van der Waals surface area contributed by atoms with E-state index in [9.17, 15) is 9.90 Å². The molecule has 0 saturated carbocycles. The molecule has 0 spiro atoms. The molecule has 0 bridgehead atoms. The van der Waals surface area contributed by atoms with Crippen molar-refractivity contribution in [1.29, 1.82) is 0 Å². The molecule has 2 rings (SSSR count). The van der Waals surface area contributed by atoms with Gasteiger partial charge in [-0.1, -0.05) is 30.3 Å². The van der Waals surface area contributed by atoms with Crippen molar-refractivity contribution in [3.05, 3.63) is 59.4 Å². The average molecular weight is 258 g/mol. The molecule has 1 aromatic carbocycles. The molecular weight excluding hydrogens is 240 g/mol. The van der Waals surface area contributed by atoms with E-state index in [2.05, 4.69) is 5.32 Å². The Morgan fingerprint density at radius 1 is 1.26 bits per heavy atom. The minimum absolute atomic E-state index is 0.126. The summed E-state index contributed by atoms with van der Waals surface area (Å²) in [5.41, 5.74) is 2.50. The third-order valence-electron chi connectivity index (χ3n) is 3.30. The molecule has 1 atom stereocenters. The van der Waals surface area contributed by atoms with Gasteiger partial charge in [-0.2, -0.15) is 0 Å². The summed E-state index contributed by atoms with van der Waals surface area (Å²) in [4.78, 5) is 12.2. The van der Waals surface area contributed by atoms with Crippen LogP contribution in [0, 0.1) is 6.92 Å². The molecule has 1 heterocycles. The first kappa shape index (κ1) is 13.4. The van der Waals surface area contributed by atoms with Crippen LogP contribution in [0.25, 0.3) is 0 Å². The van der Waals surface area contributed by atoms with Gasteiger partial charge in [-0.15, -0.1) is 0 Å². The lowest BCUT2D eigenvalue weighted by Gasteiger charge is -2.17. The molecular formula is C15H18N2O2. The van der Waals surface area contributed by atoms with E-state index in [1.807, 2.05) is 54.9 Å². The lowest BCUT2D eigenvalue weighted by molar-refractivity contribution is 0.0907. The smallest absolute Gasteiger partial charge is 0.268 e. The molecule has 0 aliphatic heterocycles. The summed E-state index contributed by atoms with van der Waals surface area (Å²) < 4.78 is 1.83. The predicted octanol–water partition coefficient (Wildman–Crippen LogP) is 1.80. The van der Waals surface area contributed by atoms with Crippen molar-refractivity contribution in [1.82, 2.24) is 9.88 Å². The summed E-state index contributed by atoms with van der Waals surface area (Å²) in [6, 6.07) is 12.7. The van der Waals surface area contributed by atoms with Crippen molar-refractivity contribution >= 4 is 5.91 Å². The molecule has 0 aliphatic carbocycles. The molecule has 1 unspecified atom stereocenters. The highest BCUT2D eigenvalue weighted by molar-refractivity contribution is 5.93. The number of hydrogen-bond donors (Lipinski definition) is 2. The van der Waals surface area contributed by atoms with Crippen molar-refractivity contribution in [2.75, 3.05) is 6.61 Å². The molecule has 19 heavy (non-hydrogen) atoms. The van der Waals surface area contributed by atoms with Gasteiger partial charge in [0.05, 0.1) is 12.6 Å². The van der Waals surface area contributed by atoms with Crippen LogP contribution in [0.2, 0.25) is 0 Å².